The molecule has 0 bridgehead atoms. The van der Waals surface area contributed by atoms with E-state index in [2.05, 4.69) is 27.7 Å². The number of rotatable bonds is 14. The highest BCUT2D eigenvalue weighted by Crippen LogP contribution is 2.60. The van der Waals surface area contributed by atoms with E-state index in [-0.39, 0.29) is 71.3 Å². The fourth-order valence-electron chi connectivity index (χ4n) is 7.47. The maximum absolute atomic E-state index is 14.5. The second-order valence-corrected chi connectivity index (χ2v) is 14.2. The number of amides is 1. The summed E-state index contributed by atoms with van der Waals surface area (Å²) in [5.74, 6) is -2.22. The van der Waals surface area contributed by atoms with Gasteiger partial charge in [0.05, 0.1) is 33.3 Å². The molecule has 5 atom stereocenters. The topological polar surface area (TPSA) is 88.5 Å². The van der Waals surface area contributed by atoms with E-state index in [4.69, 9.17) is 21.1 Å². The minimum absolute atomic E-state index is 0.0891. The number of ether oxygens (including phenoxy) is 3. The van der Waals surface area contributed by atoms with Crippen molar-refractivity contribution in [2.75, 3.05) is 33.3 Å². The first-order valence-electron chi connectivity index (χ1n) is 19.5. The van der Waals surface area contributed by atoms with E-state index in [0.717, 1.165) is 25.7 Å². The lowest BCUT2D eigenvalue weighted by molar-refractivity contribution is -0.153. The van der Waals surface area contributed by atoms with Crippen LogP contribution in [-0.4, -0.2) is 65.9 Å². The van der Waals surface area contributed by atoms with Crippen molar-refractivity contribution in [3.63, 3.8) is 0 Å². The molecule has 0 aliphatic carbocycles. The third-order valence-electron chi connectivity index (χ3n) is 9.91. The summed E-state index contributed by atoms with van der Waals surface area (Å²) in [6.45, 7) is 17.2. The molecule has 0 radical (unpaired) electrons. The van der Waals surface area contributed by atoms with Crippen LogP contribution in [0.15, 0.2) is 36.3 Å². The minimum atomic E-state index is -1.96. The second kappa shape index (κ2) is 13.8. The molecule has 2 aliphatic rings. The molecule has 1 N–H and O–H groups in total. The Morgan fingerprint density at radius 2 is 1.61 bits per heavy atom. The molecule has 0 spiro atoms. The van der Waals surface area contributed by atoms with Crippen LogP contribution in [-0.2, 0) is 15.0 Å². The molecule has 8 nitrogen and oxygen atoms in total. The average molecular weight is 643 g/mol. The predicted octanol–water partition coefficient (Wildman–Crippen LogP) is 7.62. The number of carboxylic acid groups (broad SMARTS) is 1. The summed E-state index contributed by atoms with van der Waals surface area (Å²) in [4.78, 5) is 32.0. The summed E-state index contributed by atoms with van der Waals surface area (Å²) in [7, 11) is 1.24. The Morgan fingerprint density at radius 3 is 2.13 bits per heavy atom. The summed E-state index contributed by atoms with van der Waals surface area (Å²) < 4.78 is 71.1. The molecule has 46 heavy (non-hydrogen) atoms. The van der Waals surface area contributed by atoms with Crippen LogP contribution >= 0.6 is 0 Å². The highest BCUT2D eigenvalue weighted by molar-refractivity contribution is 5.82. The van der Waals surface area contributed by atoms with Crippen LogP contribution in [0.2, 0.25) is 0 Å². The fraction of sp³-hybridized carbons (Fsp3) is 0.632. The first kappa shape index (κ1) is 27.8. The van der Waals surface area contributed by atoms with Gasteiger partial charge in [-0.2, -0.15) is 0 Å². The number of carboxylic acids is 1. The number of benzene rings is 2. The van der Waals surface area contributed by atoms with Gasteiger partial charge in [-0.1, -0.05) is 65.6 Å². The van der Waals surface area contributed by atoms with Crippen LogP contribution in [0.25, 0.3) is 0 Å². The van der Waals surface area contributed by atoms with Crippen molar-refractivity contribution in [3.05, 3.63) is 52.9 Å². The normalized spacial score (nSPS) is 26.7. The average Bonchev–Trinajstić information content (AvgIpc) is 3.50. The van der Waals surface area contributed by atoms with E-state index < -0.39 is 52.8 Å². The van der Waals surface area contributed by atoms with Gasteiger partial charge in [-0.05, 0) is 73.3 Å². The van der Waals surface area contributed by atoms with Gasteiger partial charge >= 0.3 is 5.97 Å². The molecule has 2 aromatic carbocycles. The third kappa shape index (κ3) is 6.73. The van der Waals surface area contributed by atoms with Crippen molar-refractivity contribution in [2.24, 2.45) is 17.3 Å². The van der Waals surface area contributed by atoms with Gasteiger partial charge < -0.3 is 24.2 Å². The molecule has 0 saturated carbocycles. The van der Waals surface area contributed by atoms with E-state index in [1.807, 2.05) is 4.90 Å². The van der Waals surface area contributed by atoms with Crippen LogP contribution in [0.3, 0.4) is 0 Å². The third-order valence-corrected chi connectivity index (χ3v) is 9.91. The van der Waals surface area contributed by atoms with Crippen LogP contribution in [0, 0.1) is 24.2 Å². The summed E-state index contributed by atoms with van der Waals surface area (Å²) in [5.41, 5.74) is -3.03. The van der Waals surface area contributed by atoms with Gasteiger partial charge in [0.25, 0.3) is 0 Å². The molecule has 8 heteroatoms. The van der Waals surface area contributed by atoms with Crippen LogP contribution in [0.4, 0.5) is 0 Å². The molecule has 0 aromatic heterocycles. The summed E-state index contributed by atoms with van der Waals surface area (Å²) in [6.07, 6.45) is 3.75. The van der Waals surface area contributed by atoms with Gasteiger partial charge in [-0.25, -0.2) is 0 Å². The monoisotopic (exact) mass is 642 g/mol. The smallest absolute Gasteiger partial charge is 0.312 e. The van der Waals surface area contributed by atoms with Crippen molar-refractivity contribution in [1.82, 2.24) is 9.80 Å². The van der Waals surface area contributed by atoms with Gasteiger partial charge in [0, 0.05) is 38.9 Å². The lowest BCUT2D eigenvalue weighted by Gasteiger charge is -2.41. The number of fused-ring (bicyclic) bond motifs is 1. The molecule has 2 aromatic rings. The lowest BCUT2D eigenvalue weighted by Crippen LogP contribution is -2.48. The number of carbonyl (C=O) groups is 2. The highest BCUT2D eigenvalue weighted by atomic mass is 16.7. The van der Waals surface area contributed by atoms with E-state index in [0.29, 0.717) is 18.7 Å². The maximum Gasteiger partial charge on any atom is 0.312 e. The molecule has 4 rings (SSSR count). The van der Waals surface area contributed by atoms with E-state index in [1.165, 1.54) is 14.0 Å². The Labute approximate surface area is 284 Å². The first-order chi connectivity index (χ1) is 24.1. The largest absolute Gasteiger partial charge is 0.497 e. The molecule has 1 saturated heterocycles. The quantitative estimate of drug-likeness (QED) is 0.227. The summed E-state index contributed by atoms with van der Waals surface area (Å²) >= 11 is 0. The zero-order valence-electron chi connectivity index (χ0n) is 35.3. The van der Waals surface area contributed by atoms with E-state index >= 15 is 0 Å². The Bertz CT molecular complexity index is 1680. The number of hydrogen-bond acceptors (Lipinski definition) is 6. The van der Waals surface area contributed by atoms with E-state index in [9.17, 15) is 16.1 Å². The minimum Gasteiger partial charge on any atom is -0.497 e. The lowest BCUT2D eigenvalue weighted by atomic mass is 9.59. The molecule has 2 heterocycles. The van der Waals surface area contributed by atoms with Gasteiger partial charge in [-0.15, -0.1) is 0 Å². The number of nitrogens with zero attached hydrogens (tertiary/aromatic N) is 2. The fourth-order valence-corrected chi connectivity index (χ4v) is 7.47. The van der Waals surface area contributed by atoms with Gasteiger partial charge in [-0.3, -0.25) is 14.5 Å². The van der Waals surface area contributed by atoms with Crippen LogP contribution in [0.1, 0.15) is 112 Å². The van der Waals surface area contributed by atoms with Crippen molar-refractivity contribution >= 4 is 11.9 Å². The molecular formula is C38H56N2O6. The Balaban J connectivity index is 2.01. The van der Waals surface area contributed by atoms with Crippen LogP contribution < -0.4 is 14.2 Å². The van der Waals surface area contributed by atoms with Gasteiger partial charge in [0.15, 0.2) is 11.5 Å². The molecule has 1 amide bonds. The zero-order chi connectivity index (χ0) is 39.2. The zero-order valence-corrected chi connectivity index (χ0v) is 29.3. The SMILES string of the molecule is [2H]c1c([2H])c([C@@H]2N(CC(=O)N(CC(C)CCC)CC(C)CCC)C[C@](C)(c3c([2H])c([2H])c4c(c3C)OC(C)(C)O4)[C@@]2(C)C(=O)O)c([2H])c([2H])c1OC. The maximum atomic E-state index is 14.5. The first-order valence-corrected chi connectivity index (χ1v) is 16.5. The number of aliphatic carboxylic acids is 1. The molecular weight excluding hydrogens is 580 g/mol. The van der Waals surface area contributed by atoms with Crippen LogP contribution in [0.5, 0.6) is 17.2 Å². The van der Waals surface area contributed by atoms with Gasteiger partial charge in [0.2, 0.25) is 11.7 Å². The van der Waals surface area contributed by atoms with Gasteiger partial charge in [0.1, 0.15) is 5.75 Å². The number of methoxy groups -OCH3 is 1. The Morgan fingerprint density at radius 1 is 1.02 bits per heavy atom. The molecule has 1 fully saturated rings. The van der Waals surface area contributed by atoms with Crippen molar-refractivity contribution in [3.8, 4) is 17.2 Å². The van der Waals surface area contributed by atoms with Crippen molar-refractivity contribution in [1.29, 1.82) is 0 Å². The Kier molecular flexibility index (Phi) is 8.37. The second-order valence-electron chi connectivity index (χ2n) is 14.2. The molecule has 254 valence electrons. The van der Waals surface area contributed by atoms with E-state index in [1.54, 1.807) is 32.6 Å². The molecule has 2 unspecified atom stereocenters. The predicted molar refractivity (Wildman–Crippen MR) is 182 cm³/mol. The highest BCUT2D eigenvalue weighted by Gasteiger charge is 2.64. The standard InChI is InChI=1S/C38H56N2O6/c1-11-13-25(3)21-39(22-26(4)14-12-2)32(41)23-40-24-37(8,30-19-20-31-33(27(30)5)46-36(6,7)45-31)38(9,35(42)43)34(40)28-15-17-29(44-10)18-16-28/h15-20,25-26,34H,11-14,21-24H2,1-10H3,(H,42,43)/t25?,26?,34-,37+,38+/m0/s1/i15D,16D,17D,18D,19D,20D. The molecule has 2 aliphatic heterocycles. The summed E-state index contributed by atoms with van der Waals surface area (Å²) in [6, 6.07) is -3.77. The van der Waals surface area contributed by atoms with Crippen molar-refractivity contribution in [2.45, 2.75) is 105 Å². The Hall–Kier alpha value is -3.26. The van der Waals surface area contributed by atoms with Crippen molar-refractivity contribution < 1.29 is 37.1 Å². The summed E-state index contributed by atoms with van der Waals surface area (Å²) in [5, 5.41) is 11.3. The number of carbonyl (C=O) groups excluding carboxylic acids is 1. The number of hydrogen-bond donors (Lipinski definition) is 1. The number of likely N-dealkylation sites (tertiary alicyclic amines) is 1.